The lowest BCUT2D eigenvalue weighted by atomic mass is 10.0. The summed E-state index contributed by atoms with van der Waals surface area (Å²) in [6.07, 6.45) is 0.465. The van der Waals surface area contributed by atoms with Gasteiger partial charge in [0.05, 0.1) is 36.4 Å². The zero-order chi connectivity index (χ0) is 23.5. The van der Waals surface area contributed by atoms with E-state index in [2.05, 4.69) is 27.4 Å². The van der Waals surface area contributed by atoms with E-state index in [4.69, 9.17) is 21.1 Å². The van der Waals surface area contributed by atoms with Crippen LogP contribution in [0.25, 0.3) is 0 Å². The fraction of sp³-hybridized carbons (Fsp3) is 0.333. The van der Waals surface area contributed by atoms with Gasteiger partial charge in [-0.15, -0.1) is 11.7 Å². The quantitative estimate of drug-likeness (QED) is 0.406. The smallest absolute Gasteiger partial charge is 0.258 e. The standard InChI is InChI=1S/C21H24ClFN4O5/c1-3-13(21(30)25-10-14-4-7-20(31-2)27-26-14)8-15(28)11-24-19(29)12-32-16-5-6-17(22)18(23)9-16/h3-7,9,13,15,28H,1,8,10-12H2,2H3,(H,24,29)(H,25,30). The van der Waals surface area contributed by atoms with Crippen molar-refractivity contribution in [2.24, 2.45) is 5.92 Å². The molecule has 0 aliphatic carbocycles. The lowest BCUT2D eigenvalue weighted by molar-refractivity contribution is -0.124. The number of carbonyl (C=O) groups is 2. The summed E-state index contributed by atoms with van der Waals surface area (Å²) in [5.41, 5.74) is 0.537. The molecular formula is C21H24ClFN4O5. The fourth-order valence-corrected chi connectivity index (χ4v) is 2.66. The zero-order valence-electron chi connectivity index (χ0n) is 17.4. The number of halogens is 2. The number of hydrogen-bond donors (Lipinski definition) is 3. The van der Waals surface area contributed by atoms with E-state index < -0.39 is 23.7 Å². The van der Waals surface area contributed by atoms with Crippen molar-refractivity contribution in [2.45, 2.75) is 19.1 Å². The van der Waals surface area contributed by atoms with Crippen molar-refractivity contribution in [2.75, 3.05) is 20.3 Å². The van der Waals surface area contributed by atoms with Gasteiger partial charge < -0.3 is 25.2 Å². The van der Waals surface area contributed by atoms with Gasteiger partial charge >= 0.3 is 0 Å². The van der Waals surface area contributed by atoms with Crippen LogP contribution in [0.4, 0.5) is 4.39 Å². The van der Waals surface area contributed by atoms with E-state index in [0.29, 0.717) is 11.6 Å². The Labute approximate surface area is 189 Å². The molecule has 0 aliphatic rings. The Bertz CT molecular complexity index is 929. The number of amides is 2. The maximum absolute atomic E-state index is 13.4. The maximum atomic E-state index is 13.4. The van der Waals surface area contributed by atoms with E-state index in [-0.39, 0.29) is 42.8 Å². The second kappa shape index (κ2) is 12.6. The number of nitrogens with zero attached hydrogens (tertiary/aromatic N) is 2. The topological polar surface area (TPSA) is 123 Å². The Morgan fingerprint density at radius 3 is 2.69 bits per heavy atom. The van der Waals surface area contributed by atoms with E-state index in [9.17, 15) is 19.1 Å². The van der Waals surface area contributed by atoms with Crippen LogP contribution in [0.3, 0.4) is 0 Å². The number of aromatic nitrogens is 2. The molecule has 1 aromatic carbocycles. The van der Waals surface area contributed by atoms with Gasteiger partial charge in [0.25, 0.3) is 5.91 Å². The van der Waals surface area contributed by atoms with Crippen molar-refractivity contribution < 1.29 is 28.6 Å². The van der Waals surface area contributed by atoms with Crippen molar-refractivity contribution in [1.29, 1.82) is 0 Å². The van der Waals surface area contributed by atoms with Crippen LogP contribution >= 0.6 is 11.6 Å². The van der Waals surface area contributed by atoms with Crippen LogP contribution in [0.2, 0.25) is 5.02 Å². The van der Waals surface area contributed by atoms with Crippen LogP contribution in [0, 0.1) is 11.7 Å². The molecule has 0 saturated heterocycles. The van der Waals surface area contributed by atoms with Crippen molar-refractivity contribution in [1.82, 2.24) is 20.8 Å². The van der Waals surface area contributed by atoms with Crippen molar-refractivity contribution >= 4 is 23.4 Å². The summed E-state index contributed by atoms with van der Waals surface area (Å²) in [5.74, 6) is -1.70. The van der Waals surface area contributed by atoms with Gasteiger partial charge in [0.15, 0.2) is 6.61 Å². The average molecular weight is 467 g/mol. The molecule has 0 aliphatic heterocycles. The minimum absolute atomic E-state index is 0.0488. The predicted octanol–water partition coefficient (Wildman–Crippen LogP) is 1.64. The van der Waals surface area contributed by atoms with E-state index >= 15 is 0 Å². The number of benzene rings is 1. The van der Waals surface area contributed by atoms with Gasteiger partial charge in [0, 0.05) is 18.7 Å². The highest BCUT2D eigenvalue weighted by atomic mass is 35.5. The number of nitrogens with one attached hydrogen (secondary N) is 2. The minimum atomic E-state index is -0.999. The van der Waals surface area contributed by atoms with Gasteiger partial charge in [0.1, 0.15) is 11.6 Å². The van der Waals surface area contributed by atoms with E-state index in [1.54, 1.807) is 12.1 Å². The molecule has 2 amide bonds. The van der Waals surface area contributed by atoms with Crippen LogP contribution in [0.15, 0.2) is 43.0 Å². The first kappa shape index (κ1) is 25.0. The van der Waals surface area contributed by atoms with Crippen molar-refractivity contribution in [3.8, 4) is 11.6 Å². The predicted molar refractivity (Wildman–Crippen MR) is 115 cm³/mol. The molecule has 32 heavy (non-hydrogen) atoms. The second-order valence-electron chi connectivity index (χ2n) is 6.69. The lowest BCUT2D eigenvalue weighted by Gasteiger charge is -2.17. The molecule has 1 heterocycles. The molecule has 2 rings (SSSR count). The highest BCUT2D eigenvalue weighted by molar-refractivity contribution is 6.30. The number of hydrogen-bond acceptors (Lipinski definition) is 7. The molecule has 0 bridgehead atoms. The molecule has 2 aromatic rings. The third-order valence-electron chi connectivity index (χ3n) is 4.29. The third-order valence-corrected chi connectivity index (χ3v) is 4.60. The van der Waals surface area contributed by atoms with Crippen LogP contribution < -0.4 is 20.1 Å². The van der Waals surface area contributed by atoms with Gasteiger partial charge in [-0.1, -0.05) is 17.7 Å². The molecule has 1 aromatic heterocycles. The van der Waals surface area contributed by atoms with Crippen LogP contribution in [-0.4, -0.2) is 53.5 Å². The number of methoxy groups -OCH3 is 1. The highest BCUT2D eigenvalue weighted by Gasteiger charge is 2.20. The Kier molecular flexibility index (Phi) is 9.83. The molecule has 11 heteroatoms. The molecule has 3 N–H and O–H groups in total. The van der Waals surface area contributed by atoms with Crippen molar-refractivity contribution in [3.05, 3.63) is 59.5 Å². The molecule has 0 saturated carbocycles. The summed E-state index contributed by atoms with van der Waals surface area (Å²) in [6, 6.07) is 7.10. The SMILES string of the molecule is C=CC(CC(O)CNC(=O)COc1ccc(Cl)c(F)c1)C(=O)NCc1ccc(OC)nn1. The number of carbonyl (C=O) groups excluding carboxylic acids is 2. The van der Waals surface area contributed by atoms with E-state index in [1.807, 2.05) is 0 Å². The zero-order valence-corrected chi connectivity index (χ0v) is 18.1. The van der Waals surface area contributed by atoms with Gasteiger partial charge in [-0.25, -0.2) is 4.39 Å². The number of rotatable bonds is 12. The van der Waals surface area contributed by atoms with Crippen molar-refractivity contribution in [3.63, 3.8) is 0 Å². The molecule has 0 spiro atoms. The monoisotopic (exact) mass is 466 g/mol. The number of aliphatic hydroxyl groups excluding tert-OH is 1. The van der Waals surface area contributed by atoms with Gasteiger partial charge in [-0.05, 0) is 24.6 Å². The first-order chi connectivity index (χ1) is 15.3. The Balaban J connectivity index is 1.72. The van der Waals surface area contributed by atoms with Crippen LogP contribution in [-0.2, 0) is 16.1 Å². The normalized spacial score (nSPS) is 12.4. The minimum Gasteiger partial charge on any atom is -0.484 e. The van der Waals surface area contributed by atoms with Gasteiger partial charge in [0.2, 0.25) is 11.8 Å². The summed E-state index contributed by atoms with van der Waals surface area (Å²) < 4.78 is 23.5. The molecule has 0 radical (unpaired) electrons. The van der Waals surface area contributed by atoms with Crippen LogP contribution in [0.1, 0.15) is 12.1 Å². The molecule has 2 atom stereocenters. The summed E-state index contributed by atoms with van der Waals surface area (Å²) in [6.45, 7) is 3.30. The maximum Gasteiger partial charge on any atom is 0.258 e. The van der Waals surface area contributed by atoms with Gasteiger partial charge in [-0.2, -0.15) is 5.10 Å². The highest BCUT2D eigenvalue weighted by Crippen LogP contribution is 2.20. The average Bonchev–Trinajstić information content (AvgIpc) is 2.80. The summed E-state index contributed by atoms with van der Waals surface area (Å²) in [7, 11) is 1.47. The Hall–Kier alpha value is -3.24. The largest absolute Gasteiger partial charge is 0.484 e. The number of aliphatic hydroxyl groups is 1. The Morgan fingerprint density at radius 1 is 1.28 bits per heavy atom. The molecular weight excluding hydrogens is 443 g/mol. The van der Waals surface area contributed by atoms with Crippen LogP contribution in [0.5, 0.6) is 11.6 Å². The Morgan fingerprint density at radius 2 is 2.06 bits per heavy atom. The molecule has 172 valence electrons. The number of ether oxygens (including phenoxy) is 2. The lowest BCUT2D eigenvalue weighted by Crippen LogP contribution is -2.38. The third kappa shape index (κ3) is 8.12. The second-order valence-corrected chi connectivity index (χ2v) is 7.09. The first-order valence-electron chi connectivity index (χ1n) is 9.61. The van der Waals surface area contributed by atoms with E-state index in [1.165, 1.54) is 25.3 Å². The molecule has 0 fully saturated rings. The first-order valence-corrected chi connectivity index (χ1v) is 9.99. The van der Waals surface area contributed by atoms with E-state index in [0.717, 1.165) is 6.07 Å². The summed E-state index contributed by atoms with van der Waals surface area (Å²) >= 11 is 5.58. The fourth-order valence-electron chi connectivity index (χ4n) is 2.54. The van der Waals surface area contributed by atoms with Gasteiger partial charge in [-0.3, -0.25) is 9.59 Å². The molecule has 2 unspecified atom stereocenters. The summed E-state index contributed by atoms with van der Waals surface area (Å²) in [4.78, 5) is 24.2. The summed E-state index contributed by atoms with van der Waals surface area (Å²) in [5, 5.41) is 23.0. The molecule has 9 nitrogen and oxygen atoms in total.